The van der Waals surface area contributed by atoms with Crippen LogP contribution in [-0.2, 0) is 0 Å². The van der Waals surface area contributed by atoms with Crippen molar-refractivity contribution in [3.63, 3.8) is 0 Å². The van der Waals surface area contributed by atoms with E-state index in [2.05, 4.69) is 15.9 Å². The first-order valence-corrected chi connectivity index (χ1v) is 6.57. The van der Waals surface area contributed by atoms with Crippen molar-refractivity contribution in [2.24, 2.45) is 0 Å². The van der Waals surface area contributed by atoms with E-state index in [0.29, 0.717) is 5.75 Å². The summed E-state index contributed by atoms with van der Waals surface area (Å²) in [6.07, 6.45) is 0. The van der Waals surface area contributed by atoms with Crippen LogP contribution in [0.25, 0.3) is 0 Å². The second kappa shape index (κ2) is 5.72. The van der Waals surface area contributed by atoms with Gasteiger partial charge in [-0.25, -0.2) is 4.39 Å². The van der Waals surface area contributed by atoms with Crippen LogP contribution in [0.3, 0.4) is 0 Å². The molecule has 0 aliphatic carbocycles. The van der Waals surface area contributed by atoms with E-state index in [9.17, 15) is 4.39 Å². The van der Waals surface area contributed by atoms with Crippen LogP contribution in [0, 0.1) is 5.82 Å². The average molecular weight is 330 g/mol. The Kier molecular flexibility index (Phi) is 4.25. The van der Waals surface area contributed by atoms with Gasteiger partial charge in [0.25, 0.3) is 0 Å². The molecule has 0 fully saturated rings. The topological polar surface area (TPSA) is 9.23 Å². The van der Waals surface area contributed by atoms with E-state index < -0.39 is 0 Å². The van der Waals surface area contributed by atoms with Crippen LogP contribution in [0.4, 0.5) is 4.39 Å². The van der Waals surface area contributed by atoms with E-state index in [0.717, 1.165) is 15.6 Å². The molecule has 0 bridgehead atoms. The van der Waals surface area contributed by atoms with Crippen molar-refractivity contribution in [1.29, 1.82) is 0 Å². The molecule has 1 nitrogen and oxygen atoms in total. The summed E-state index contributed by atoms with van der Waals surface area (Å²) in [7, 11) is 1.60. The van der Waals surface area contributed by atoms with Crippen LogP contribution < -0.4 is 4.74 Å². The number of rotatable bonds is 3. The highest BCUT2D eigenvalue weighted by molar-refractivity contribution is 9.10. The zero-order valence-electron chi connectivity index (χ0n) is 9.66. The first kappa shape index (κ1) is 13.4. The smallest absolute Gasteiger partial charge is 0.123 e. The maximum absolute atomic E-state index is 12.9. The van der Waals surface area contributed by atoms with E-state index in [4.69, 9.17) is 16.3 Å². The Morgan fingerprint density at radius 3 is 2.44 bits per heavy atom. The molecule has 0 amide bonds. The molecule has 0 N–H and O–H groups in total. The van der Waals surface area contributed by atoms with Gasteiger partial charge < -0.3 is 4.74 Å². The summed E-state index contributed by atoms with van der Waals surface area (Å²) >= 11 is 9.82. The summed E-state index contributed by atoms with van der Waals surface area (Å²) in [6, 6.07) is 11.8. The maximum atomic E-state index is 12.9. The molecule has 1 unspecified atom stereocenters. The fourth-order valence-corrected chi connectivity index (χ4v) is 2.41. The number of benzene rings is 2. The van der Waals surface area contributed by atoms with Gasteiger partial charge in [-0.05, 0) is 35.9 Å². The fraction of sp³-hybridized carbons (Fsp3) is 0.143. The Morgan fingerprint density at radius 2 is 1.83 bits per heavy atom. The van der Waals surface area contributed by atoms with Gasteiger partial charge in [-0.3, -0.25) is 0 Å². The highest BCUT2D eigenvalue weighted by atomic mass is 79.9. The molecule has 2 rings (SSSR count). The minimum Gasteiger partial charge on any atom is -0.496 e. The quantitative estimate of drug-likeness (QED) is 0.726. The third-order valence-electron chi connectivity index (χ3n) is 2.63. The molecule has 1 atom stereocenters. The molecule has 2 aromatic rings. The van der Waals surface area contributed by atoms with Crippen molar-refractivity contribution in [3.05, 3.63) is 63.9 Å². The molecule has 18 heavy (non-hydrogen) atoms. The second-order valence-corrected chi connectivity index (χ2v) is 5.15. The highest BCUT2D eigenvalue weighted by Crippen LogP contribution is 2.36. The minimum absolute atomic E-state index is 0.274. The van der Waals surface area contributed by atoms with Crippen molar-refractivity contribution in [3.8, 4) is 5.75 Å². The van der Waals surface area contributed by atoms with Gasteiger partial charge >= 0.3 is 0 Å². The molecular formula is C14H11BrClFO. The van der Waals surface area contributed by atoms with E-state index in [1.807, 2.05) is 18.2 Å². The summed E-state index contributed by atoms with van der Waals surface area (Å²) < 4.78 is 19.1. The Balaban J connectivity index is 2.41. The normalized spacial score (nSPS) is 12.2. The third kappa shape index (κ3) is 2.85. The molecule has 0 aliphatic rings. The molecule has 0 saturated carbocycles. The first-order valence-electron chi connectivity index (χ1n) is 5.35. The van der Waals surface area contributed by atoms with Crippen molar-refractivity contribution >= 4 is 27.5 Å². The molecule has 0 saturated heterocycles. The summed E-state index contributed by atoms with van der Waals surface area (Å²) in [5.41, 5.74) is 1.68. The van der Waals surface area contributed by atoms with Crippen molar-refractivity contribution in [1.82, 2.24) is 0 Å². The van der Waals surface area contributed by atoms with Crippen LogP contribution >= 0.6 is 27.5 Å². The van der Waals surface area contributed by atoms with Gasteiger partial charge in [0.2, 0.25) is 0 Å². The van der Waals surface area contributed by atoms with Crippen LogP contribution in [-0.4, -0.2) is 7.11 Å². The Morgan fingerprint density at radius 1 is 1.17 bits per heavy atom. The van der Waals surface area contributed by atoms with E-state index in [1.165, 1.54) is 12.1 Å². The standard InChI is InChI=1S/C14H11BrClFO/c1-18-13-7-4-10(15)8-12(13)14(16)9-2-5-11(17)6-3-9/h2-8,14H,1H3. The average Bonchev–Trinajstić information content (AvgIpc) is 2.39. The van der Waals surface area contributed by atoms with E-state index in [1.54, 1.807) is 19.2 Å². The molecule has 0 aromatic heterocycles. The Bertz CT molecular complexity index is 542. The number of hydrogen-bond donors (Lipinski definition) is 0. The molecule has 0 spiro atoms. The summed E-state index contributed by atoms with van der Waals surface area (Å²) in [4.78, 5) is 0. The molecule has 0 heterocycles. The zero-order chi connectivity index (χ0) is 13.1. The number of ether oxygens (including phenoxy) is 1. The van der Waals surface area contributed by atoms with Crippen LogP contribution in [0.1, 0.15) is 16.5 Å². The van der Waals surface area contributed by atoms with E-state index >= 15 is 0 Å². The number of methoxy groups -OCH3 is 1. The van der Waals surface area contributed by atoms with Gasteiger partial charge in [-0.15, -0.1) is 11.6 Å². The van der Waals surface area contributed by atoms with Crippen molar-refractivity contribution in [2.45, 2.75) is 5.38 Å². The number of hydrogen-bond acceptors (Lipinski definition) is 1. The monoisotopic (exact) mass is 328 g/mol. The van der Waals surface area contributed by atoms with Crippen LogP contribution in [0.2, 0.25) is 0 Å². The SMILES string of the molecule is COc1ccc(Br)cc1C(Cl)c1ccc(F)cc1. The van der Waals surface area contributed by atoms with Crippen molar-refractivity contribution in [2.75, 3.05) is 7.11 Å². The predicted octanol–water partition coefficient (Wildman–Crippen LogP) is 4.93. The zero-order valence-corrected chi connectivity index (χ0v) is 12.0. The van der Waals surface area contributed by atoms with Gasteiger partial charge in [-0.2, -0.15) is 0 Å². The van der Waals surface area contributed by atoms with Gasteiger partial charge in [0.05, 0.1) is 12.5 Å². The lowest BCUT2D eigenvalue weighted by atomic mass is 10.0. The summed E-state index contributed by atoms with van der Waals surface area (Å²) in [6.45, 7) is 0. The molecule has 0 aliphatic heterocycles. The van der Waals surface area contributed by atoms with Crippen LogP contribution in [0.15, 0.2) is 46.9 Å². The van der Waals surface area contributed by atoms with Gasteiger partial charge in [0, 0.05) is 10.0 Å². The van der Waals surface area contributed by atoms with Gasteiger partial charge in [0.15, 0.2) is 0 Å². The first-order chi connectivity index (χ1) is 8.61. The largest absolute Gasteiger partial charge is 0.496 e. The van der Waals surface area contributed by atoms with Gasteiger partial charge in [0.1, 0.15) is 11.6 Å². The lowest BCUT2D eigenvalue weighted by Gasteiger charge is -2.14. The lowest BCUT2D eigenvalue weighted by molar-refractivity contribution is 0.410. The van der Waals surface area contributed by atoms with E-state index in [-0.39, 0.29) is 11.2 Å². The third-order valence-corrected chi connectivity index (χ3v) is 3.61. The molecular weight excluding hydrogens is 319 g/mol. The Hall–Kier alpha value is -1.06. The predicted molar refractivity (Wildman–Crippen MR) is 74.8 cm³/mol. The Labute approximate surface area is 119 Å². The minimum atomic E-state index is -0.377. The summed E-state index contributed by atoms with van der Waals surface area (Å²) in [5, 5.41) is -0.377. The lowest BCUT2D eigenvalue weighted by Crippen LogP contribution is -1.97. The second-order valence-electron chi connectivity index (χ2n) is 3.80. The fourth-order valence-electron chi connectivity index (χ4n) is 1.71. The highest BCUT2D eigenvalue weighted by Gasteiger charge is 2.16. The van der Waals surface area contributed by atoms with Crippen LogP contribution in [0.5, 0.6) is 5.75 Å². The number of alkyl halides is 1. The molecule has 0 radical (unpaired) electrons. The molecule has 2 aromatic carbocycles. The number of halogens is 3. The molecule has 4 heteroatoms. The van der Waals surface area contributed by atoms with Gasteiger partial charge in [-0.1, -0.05) is 28.1 Å². The van der Waals surface area contributed by atoms with Crippen molar-refractivity contribution < 1.29 is 9.13 Å². The molecule has 94 valence electrons. The summed E-state index contributed by atoms with van der Waals surface area (Å²) in [5.74, 6) is 0.436. The maximum Gasteiger partial charge on any atom is 0.123 e.